The van der Waals surface area contributed by atoms with Gasteiger partial charge < -0.3 is 5.32 Å². The monoisotopic (exact) mass is 281 g/mol. The van der Waals surface area contributed by atoms with E-state index in [0.29, 0.717) is 11.7 Å². The zero-order valence-electron chi connectivity index (χ0n) is 12.6. The SMILES string of the molecule is CCCc1ccc(C(CS(=O)CC(C)C)NC)cc1. The fraction of sp³-hybridized carbons (Fsp3) is 0.625. The zero-order valence-corrected chi connectivity index (χ0v) is 13.4. The number of nitrogens with one attached hydrogen (secondary N) is 1. The first-order chi connectivity index (χ1) is 9.06. The minimum absolute atomic E-state index is 0.190. The standard InChI is InChI=1S/C16H27NOS/c1-5-6-14-7-9-15(10-8-14)16(17-4)12-19(18)11-13(2)3/h7-10,13,16-17H,5-6,11-12H2,1-4H3. The Morgan fingerprint density at radius 1 is 1.16 bits per heavy atom. The van der Waals surface area contributed by atoms with E-state index >= 15 is 0 Å². The maximum atomic E-state index is 12.0. The van der Waals surface area contributed by atoms with Gasteiger partial charge in [0.05, 0.1) is 0 Å². The summed E-state index contributed by atoms with van der Waals surface area (Å²) in [5.74, 6) is 1.97. The summed E-state index contributed by atoms with van der Waals surface area (Å²) < 4.78 is 12.0. The second-order valence-corrected chi connectivity index (χ2v) is 7.05. The van der Waals surface area contributed by atoms with Crippen molar-refractivity contribution < 1.29 is 4.21 Å². The van der Waals surface area contributed by atoms with Gasteiger partial charge in [-0.05, 0) is 30.5 Å². The average Bonchev–Trinajstić information content (AvgIpc) is 2.36. The quantitative estimate of drug-likeness (QED) is 0.792. The topological polar surface area (TPSA) is 29.1 Å². The Morgan fingerprint density at radius 2 is 1.79 bits per heavy atom. The number of aryl methyl sites for hydroxylation is 1. The summed E-state index contributed by atoms with van der Waals surface area (Å²) in [6.45, 7) is 6.43. The minimum Gasteiger partial charge on any atom is -0.312 e. The third-order valence-electron chi connectivity index (χ3n) is 3.14. The van der Waals surface area contributed by atoms with Crippen molar-refractivity contribution in [2.75, 3.05) is 18.6 Å². The lowest BCUT2D eigenvalue weighted by atomic mass is 10.0. The fourth-order valence-electron chi connectivity index (χ4n) is 2.18. The van der Waals surface area contributed by atoms with E-state index in [4.69, 9.17) is 0 Å². The first-order valence-corrected chi connectivity index (χ1v) is 8.66. The van der Waals surface area contributed by atoms with Gasteiger partial charge in [-0.2, -0.15) is 0 Å². The van der Waals surface area contributed by atoms with Gasteiger partial charge in [-0.1, -0.05) is 51.5 Å². The van der Waals surface area contributed by atoms with Crippen molar-refractivity contribution in [2.24, 2.45) is 5.92 Å². The predicted molar refractivity (Wildman–Crippen MR) is 85.0 cm³/mol. The van der Waals surface area contributed by atoms with E-state index < -0.39 is 10.8 Å². The van der Waals surface area contributed by atoms with Crippen molar-refractivity contribution in [3.8, 4) is 0 Å². The van der Waals surface area contributed by atoms with Gasteiger partial charge in [0.25, 0.3) is 0 Å². The van der Waals surface area contributed by atoms with Crippen LogP contribution in [-0.4, -0.2) is 22.8 Å². The first kappa shape index (κ1) is 16.4. The van der Waals surface area contributed by atoms with Crippen LogP contribution in [0.25, 0.3) is 0 Å². The Labute approximate surface area is 120 Å². The predicted octanol–water partition coefficient (Wildman–Crippen LogP) is 3.30. The van der Waals surface area contributed by atoms with Gasteiger partial charge in [-0.15, -0.1) is 0 Å². The maximum Gasteiger partial charge on any atom is 0.0434 e. The lowest BCUT2D eigenvalue weighted by Crippen LogP contribution is -2.24. The van der Waals surface area contributed by atoms with Crippen molar-refractivity contribution in [1.82, 2.24) is 5.32 Å². The van der Waals surface area contributed by atoms with E-state index in [0.717, 1.165) is 12.2 Å². The number of hydrogen-bond donors (Lipinski definition) is 1. The molecule has 1 N–H and O–H groups in total. The summed E-state index contributed by atoms with van der Waals surface area (Å²) in [4.78, 5) is 0. The Kier molecular flexibility index (Phi) is 7.32. The lowest BCUT2D eigenvalue weighted by Gasteiger charge is -2.17. The molecule has 2 atom stereocenters. The molecule has 0 aromatic heterocycles. The van der Waals surface area contributed by atoms with Crippen LogP contribution in [0.1, 0.15) is 44.4 Å². The number of hydrogen-bond acceptors (Lipinski definition) is 2. The highest BCUT2D eigenvalue weighted by molar-refractivity contribution is 7.85. The van der Waals surface area contributed by atoms with Gasteiger partial charge >= 0.3 is 0 Å². The molecule has 19 heavy (non-hydrogen) atoms. The van der Waals surface area contributed by atoms with E-state index in [-0.39, 0.29) is 6.04 Å². The molecule has 0 amide bonds. The van der Waals surface area contributed by atoms with E-state index in [1.807, 2.05) is 7.05 Å². The van der Waals surface area contributed by atoms with Crippen molar-refractivity contribution >= 4 is 10.8 Å². The van der Waals surface area contributed by atoms with Gasteiger partial charge in [0, 0.05) is 28.3 Å². The summed E-state index contributed by atoms with van der Waals surface area (Å²) in [5, 5.41) is 3.28. The van der Waals surface area contributed by atoms with Crippen LogP contribution in [0.4, 0.5) is 0 Å². The number of benzene rings is 1. The molecule has 0 aliphatic rings. The first-order valence-electron chi connectivity index (χ1n) is 7.17. The minimum atomic E-state index is -0.752. The summed E-state index contributed by atoms with van der Waals surface area (Å²) in [6, 6.07) is 8.90. The maximum absolute atomic E-state index is 12.0. The second-order valence-electron chi connectivity index (χ2n) is 5.50. The molecular formula is C16H27NOS. The molecule has 1 rings (SSSR count). The molecule has 3 heteroatoms. The molecule has 108 valence electrons. The van der Waals surface area contributed by atoms with Crippen molar-refractivity contribution in [3.63, 3.8) is 0 Å². The van der Waals surface area contributed by atoms with Crippen LogP contribution in [0.2, 0.25) is 0 Å². The Bertz CT molecular complexity index is 386. The van der Waals surface area contributed by atoms with E-state index in [1.54, 1.807) is 0 Å². The molecule has 0 saturated heterocycles. The third-order valence-corrected chi connectivity index (χ3v) is 4.88. The highest BCUT2D eigenvalue weighted by atomic mass is 32.2. The fourth-order valence-corrected chi connectivity index (χ4v) is 3.79. The Morgan fingerprint density at radius 3 is 2.26 bits per heavy atom. The highest BCUT2D eigenvalue weighted by Crippen LogP contribution is 2.16. The van der Waals surface area contributed by atoms with Gasteiger partial charge in [-0.25, -0.2) is 0 Å². The molecule has 2 unspecified atom stereocenters. The van der Waals surface area contributed by atoms with Gasteiger partial charge in [0.1, 0.15) is 0 Å². The normalized spacial score (nSPS) is 14.6. The summed E-state index contributed by atoms with van der Waals surface area (Å²) in [5.41, 5.74) is 2.61. The molecule has 0 aliphatic carbocycles. The molecule has 2 nitrogen and oxygen atoms in total. The second kappa shape index (κ2) is 8.49. The third kappa shape index (κ3) is 5.87. The van der Waals surface area contributed by atoms with Crippen molar-refractivity contribution in [2.45, 2.75) is 39.7 Å². The summed E-state index contributed by atoms with van der Waals surface area (Å²) >= 11 is 0. The molecule has 0 bridgehead atoms. The lowest BCUT2D eigenvalue weighted by molar-refractivity contribution is 0.626. The Hall–Kier alpha value is -0.670. The Balaban J connectivity index is 2.66. The smallest absolute Gasteiger partial charge is 0.0434 e. The van der Waals surface area contributed by atoms with Gasteiger partial charge in [0.2, 0.25) is 0 Å². The van der Waals surface area contributed by atoms with Crippen LogP contribution in [0.3, 0.4) is 0 Å². The van der Waals surface area contributed by atoms with Gasteiger partial charge in [-0.3, -0.25) is 4.21 Å². The van der Waals surface area contributed by atoms with Crippen molar-refractivity contribution in [3.05, 3.63) is 35.4 Å². The number of rotatable bonds is 8. The largest absolute Gasteiger partial charge is 0.312 e. The molecule has 0 radical (unpaired) electrons. The van der Waals surface area contributed by atoms with Crippen LogP contribution in [0.5, 0.6) is 0 Å². The average molecular weight is 281 g/mol. The van der Waals surface area contributed by atoms with Crippen molar-refractivity contribution in [1.29, 1.82) is 0 Å². The van der Waals surface area contributed by atoms with Crippen LogP contribution >= 0.6 is 0 Å². The van der Waals surface area contributed by atoms with Crippen LogP contribution in [-0.2, 0) is 17.2 Å². The molecule has 0 heterocycles. The summed E-state index contributed by atoms with van der Waals surface area (Å²) in [7, 11) is 1.19. The van der Waals surface area contributed by atoms with E-state index in [9.17, 15) is 4.21 Å². The van der Waals surface area contributed by atoms with Crippen LogP contribution in [0, 0.1) is 5.92 Å². The van der Waals surface area contributed by atoms with E-state index in [1.165, 1.54) is 17.5 Å². The van der Waals surface area contributed by atoms with Crippen LogP contribution < -0.4 is 5.32 Å². The molecule has 1 aromatic rings. The molecule has 0 spiro atoms. The molecule has 0 saturated carbocycles. The molecule has 1 aromatic carbocycles. The van der Waals surface area contributed by atoms with Crippen LogP contribution in [0.15, 0.2) is 24.3 Å². The molecular weight excluding hydrogens is 254 g/mol. The molecule has 0 fully saturated rings. The zero-order chi connectivity index (χ0) is 14.3. The van der Waals surface area contributed by atoms with Gasteiger partial charge in [0.15, 0.2) is 0 Å². The summed E-state index contributed by atoms with van der Waals surface area (Å²) in [6.07, 6.45) is 2.30. The van der Waals surface area contributed by atoms with E-state index in [2.05, 4.69) is 50.4 Å². The highest BCUT2D eigenvalue weighted by Gasteiger charge is 2.14. The molecule has 0 aliphatic heterocycles.